The zero-order chi connectivity index (χ0) is 9.30. The van der Waals surface area contributed by atoms with Crippen LogP contribution in [0.25, 0.3) is 0 Å². The minimum absolute atomic E-state index is 0. The van der Waals surface area contributed by atoms with E-state index >= 15 is 0 Å². The van der Waals surface area contributed by atoms with Gasteiger partial charge in [-0.15, -0.1) is 0 Å². The maximum absolute atomic E-state index is 3.75. The molecule has 1 radical (unpaired) electrons. The van der Waals surface area contributed by atoms with Crippen LogP contribution >= 0.6 is 0 Å². The Morgan fingerprint density at radius 1 is 1.07 bits per heavy atom. The van der Waals surface area contributed by atoms with Gasteiger partial charge in [-0.3, -0.25) is 6.58 Å². The van der Waals surface area contributed by atoms with Gasteiger partial charge in [-0.2, -0.15) is 28.7 Å². The number of hydrogen-bond donors (Lipinski definition) is 0. The van der Waals surface area contributed by atoms with E-state index in [-0.39, 0.29) is 26.0 Å². The Morgan fingerprint density at radius 2 is 1.43 bits per heavy atom. The van der Waals surface area contributed by atoms with Crippen LogP contribution in [0, 0.1) is 25.8 Å². The van der Waals surface area contributed by atoms with E-state index < -0.39 is 0 Å². The quantitative estimate of drug-likeness (QED) is 0.594. The van der Waals surface area contributed by atoms with E-state index in [1.807, 2.05) is 0 Å². The second-order valence-electron chi connectivity index (χ2n) is 3.51. The molecule has 0 saturated carbocycles. The fraction of sp³-hybridized carbons (Fsp3) is 0.385. The fourth-order valence-electron chi connectivity index (χ4n) is 1.64. The van der Waals surface area contributed by atoms with Gasteiger partial charge in [0.15, 0.2) is 0 Å². The first-order valence-electron chi connectivity index (χ1n) is 4.30. The third kappa shape index (κ3) is 2.83. The van der Waals surface area contributed by atoms with Gasteiger partial charge in [0.1, 0.15) is 0 Å². The Hall–Kier alpha value is -0.326. The molecule has 0 bridgehead atoms. The molecule has 79 valence electrons. The summed E-state index contributed by atoms with van der Waals surface area (Å²) in [7, 11) is 0. The monoisotopic (exact) mass is 226 g/mol. The first-order valence-corrected chi connectivity index (χ1v) is 4.30. The fourth-order valence-corrected chi connectivity index (χ4v) is 1.64. The van der Waals surface area contributed by atoms with E-state index in [9.17, 15) is 0 Å². The molecule has 1 aliphatic carbocycles. The molecule has 0 aromatic carbocycles. The van der Waals surface area contributed by atoms with Gasteiger partial charge in [-0.1, -0.05) is 27.7 Å². The van der Waals surface area contributed by atoms with Crippen molar-refractivity contribution in [3.63, 3.8) is 0 Å². The van der Waals surface area contributed by atoms with Crippen molar-refractivity contribution in [3.05, 3.63) is 48.8 Å². The molecule has 14 heavy (non-hydrogen) atoms. The zero-order valence-electron chi connectivity index (χ0n) is 9.81. The summed E-state index contributed by atoms with van der Waals surface area (Å²) >= 11 is 0. The third-order valence-corrected chi connectivity index (χ3v) is 2.75. The predicted octanol–water partition coefficient (Wildman–Crippen LogP) is 3.93. The van der Waals surface area contributed by atoms with Crippen LogP contribution in [0.2, 0.25) is 0 Å². The van der Waals surface area contributed by atoms with Crippen molar-refractivity contribution in [2.75, 3.05) is 0 Å². The van der Waals surface area contributed by atoms with Crippen LogP contribution in [0.5, 0.6) is 0 Å². The largest absolute Gasteiger partial charge is 0.516 e. The van der Waals surface area contributed by atoms with Crippen LogP contribution in [0.4, 0.5) is 0 Å². The molecule has 0 amide bonds. The molecular formula is C13H19V-3. The van der Waals surface area contributed by atoms with E-state index in [2.05, 4.69) is 46.8 Å². The summed E-state index contributed by atoms with van der Waals surface area (Å²) in [6.45, 7) is 12.4. The topological polar surface area (TPSA) is 0 Å². The van der Waals surface area contributed by atoms with Gasteiger partial charge >= 0.3 is 0 Å². The van der Waals surface area contributed by atoms with Crippen LogP contribution < -0.4 is 0 Å². The summed E-state index contributed by atoms with van der Waals surface area (Å²) in [4.78, 5) is 0. The molecule has 0 aliphatic heterocycles. The van der Waals surface area contributed by atoms with Crippen molar-refractivity contribution < 1.29 is 18.6 Å². The van der Waals surface area contributed by atoms with Gasteiger partial charge in [-0.05, 0) is 0 Å². The average Bonchev–Trinajstić information content (AvgIpc) is 2.02. The molecule has 0 atom stereocenters. The van der Waals surface area contributed by atoms with Crippen LogP contribution in [0.15, 0.2) is 28.9 Å². The Balaban J connectivity index is 0. The van der Waals surface area contributed by atoms with Crippen LogP contribution in [0.3, 0.4) is 0 Å². The van der Waals surface area contributed by atoms with Crippen molar-refractivity contribution in [2.24, 2.45) is 5.92 Å². The smallest absolute Gasteiger partial charge is 0 e. The van der Waals surface area contributed by atoms with Crippen LogP contribution in [-0.2, 0) is 18.6 Å². The minimum atomic E-state index is 0. The summed E-state index contributed by atoms with van der Waals surface area (Å²) < 4.78 is 0. The zero-order valence-corrected chi connectivity index (χ0v) is 11.2. The number of rotatable bonds is 1. The van der Waals surface area contributed by atoms with E-state index in [0.717, 1.165) is 0 Å². The first-order chi connectivity index (χ1) is 5.57. The van der Waals surface area contributed by atoms with Crippen molar-refractivity contribution >= 4 is 0 Å². The Kier molecular flexibility index (Phi) is 7.15. The molecule has 0 N–H and O–H groups in total. The normalized spacial score (nSPS) is 16.9. The second kappa shape index (κ2) is 6.21. The van der Waals surface area contributed by atoms with Crippen LogP contribution in [0.1, 0.15) is 27.7 Å². The van der Waals surface area contributed by atoms with Gasteiger partial charge in [0.2, 0.25) is 0 Å². The molecule has 0 unspecified atom stereocenters. The molecule has 0 fully saturated rings. The van der Waals surface area contributed by atoms with Gasteiger partial charge in [0.25, 0.3) is 0 Å². The molecule has 0 nitrogen and oxygen atoms in total. The number of allylic oxidation sites excluding steroid dienone is 5. The molecule has 0 aromatic rings. The van der Waals surface area contributed by atoms with Crippen molar-refractivity contribution in [1.82, 2.24) is 0 Å². The third-order valence-electron chi connectivity index (χ3n) is 2.75. The molecule has 1 rings (SSSR count). The van der Waals surface area contributed by atoms with Gasteiger partial charge in [-0.25, -0.2) is 5.92 Å². The van der Waals surface area contributed by atoms with Gasteiger partial charge < -0.3 is 13.5 Å². The summed E-state index contributed by atoms with van der Waals surface area (Å²) in [5.41, 5.74) is 5.49. The van der Waals surface area contributed by atoms with Gasteiger partial charge in [0, 0.05) is 18.6 Å². The van der Waals surface area contributed by atoms with E-state index in [4.69, 9.17) is 0 Å². The summed E-state index contributed by atoms with van der Waals surface area (Å²) in [5.74, 6) is 0.343. The van der Waals surface area contributed by atoms with E-state index in [1.165, 1.54) is 22.3 Å². The average molecular weight is 226 g/mol. The van der Waals surface area contributed by atoms with Crippen molar-refractivity contribution in [3.8, 4) is 0 Å². The van der Waals surface area contributed by atoms with E-state index in [0.29, 0.717) is 5.92 Å². The van der Waals surface area contributed by atoms with Crippen molar-refractivity contribution in [1.29, 1.82) is 0 Å². The maximum atomic E-state index is 3.75. The maximum Gasteiger partial charge on any atom is 0 e. The summed E-state index contributed by atoms with van der Waals surface area (Å²) in [5, 5.41) is 0. The standard InChI is InChI=1S/C12H16.CH3.V/c1-6-12-10(4)8(2)7-9(3)11(12)5;;/h7,12H,1H2,2-5H3;1H3;/q-2;-1;. The molecule has 0 heterocycles. The van der Waals surface area contributed by atoms with Crippen LogP contribution in [-0.4, -0.2) is 0 Å². The minimum Gasteiger partial charge on any atom is -0.516 e. The van der Waals surface area contributed by atoms with E-state index in [1.54, 1.807) is 0 Å². The Labute approximate surface area is 101 Å². The summed E-state index contributed by atoms with van der Waals surface area (Å²) in [6, 6.07) is 0. The molecular weight excluding hydrogens is 207 g/mol. The van der Waals surface area contributed by atoms with Gasteiger partial charge in [0.05, 0.1) is 0 Å². The molecule has 1 aliphatic rings. The Morgan fingerprint density at radius 3 is 1.71 bits per heavy atom. The second-order valence-corrected chi connectivity index (χ2v) is 3.51. The summed E-state index contributed by atoms with van der Waals surface area (Å²) in [6.07, 6.45) is 5.31. The first kappa shape index (κ1) is 16.1. The molecule has 0 spiro atoms. The van der Waals surface area contributed by atoms with Crippen molar-refractivity contribution in [2.45, 2.75) is 27.7 Å². The SMILES string of the molecule is C=[C-]C1C(C)=C(C)[CH-]C(C)=C1C.[CH3-].[V]. The predicted molar refractivity (Wildman–Crippen MR) is 59.8 cm³/mol. The molecule has 0 aromatic heterocycles. The number of hydrogen-bond acceptors (Lipinski definition) is 0. The molecule has 0 saturated heterocycles. The molecule has 1 heteroatoms. The Bertz CT molecular complexity index is 245.